The second-order valence-corrected chi connectivity index (χ2v) is 16.3. The average molecular weight is 476 g/mol. The van der Waals surface area contributed by atoms with Gasteiger partial charge in [-0.15, -0.1) is 0 Å². The first-order valence-corrected chi connectivity index (χ1v) is 15.7. The van der Waals surface area contributed by atoms with Crippen molar-refractivity contribution in [3.8, 4) is 0 Å². The second kappa shape index (κ2) is 8.51. The van der Waals surface area contributed by atoms with Crippen LogP contribution in [-0.2, 0) is 10.9 Å². The van der Waals surface area contributed by atoms with Crippen molar-refractivity contribution in [1.29, 1.82) is 0 Å². The summed E-state index contributed by atoms with van der Waals surface area (Å²) in [6.45, 7) is 4.06. The number of nitrogens with zero attached hydrogens (tertiary/aromatic N) is 2. The van der Waals surface area contributed by atoms with Gasteiger partial charge in [-0.1, -0.05) is 0 Å². The van der Waals surface area contributed by atoms with Crippen molar-refractivity contribution in [2.45, 2.75) is 72.9 Å². The maximum atomic E-state index is 12.1. The first-order valence-electron chi connectivity index (χ1n) is 9.33. The van der Waals surface area contributed by atoms with Gasteiger partial charge >= 0.3 is 157 Å². The summed E-state index contributed by atoms with van der Waals surface area (Å²) in [6.07, 6.45) is 3.02. The number of aromatic amines is 1. The van der Waals surface area contributed by atoms with Crippen LogP contribution in [0.1, 0.15) is 45.8 Å². The molecule has 3 rings (SSSR count). The first kappa shape index (κ1) is 20.0. The molecular formula is C16H27N3O6Sn. The molecule has 0 radical (unpaired) electrons. The standard InChI is InChI=1S/C8H9N3O6.2C4H9.Sn/c12-2-3-5(14)6(15)7(17-3)11-8(16)10-4(13)1-9-11;2*1-3-4-2;/h1,3,5-7,12H,2H2,(H,10,13,16);2*1,3-4H2,2H3;/q-2;;;+2/t3-,5-,6-,7-;;;/m1.../s1. The van der Waals surface area contributed by atoms with E-state index in [0.717, 1.165) is 45.4 Å². The van der Waals surface area contributed by atoms with E-state index in [9.17, 15) is 14.7 Å². The third kappa shape index (κ3) is 3.91. The molecule has 0 unspecified atom stereocenters. The van der Waals surface area contributed by atoms with Gasteiger partial charge in [0, 0.05) is 0 Å². The van der Waals surface area contributed by atoms with Crippen LogP contribution in [0.4, 0.5) is 0 Å². The van der Waals surface area contributed by atoms with Crippen molar-refractivity contribution >= 4 is 19.2 Å². The quantitative estimate of drug-likeness (QED) is 0.530. The molecule has 146 valence electrons. The fraction of sp³-hybridized carbons (Fsp3) is 0.812. The zero-order valence-corrected chi connectivity index (χ0v) is 18.1. The predicted molar refractivity (Wildman–Crippen MR) is 95.0 cm³/mol. The molecule has 4 atom stereocenters. The van der Waals surface area contributed by atoms with Gasteiger partial charge in [0.1, 0.15) is 0 Å². The fourth-order valence-electron chi connectivity index (χ4n) is 3.64. The molecule has 2 N–H and O–H groups in total. The zero-order valence-electron chi connectivity index (χ0n) is 15.2. The molecule has 2 aliphatic heterocycles. The van der Waals surface area contributed by atoms with Gasteiger partial charge in [-0.05, 0) is 0 Å². The van der Waals surface area contributed by atoms with Crippen molar-refractivity contribution in [1.82, 2.24) is 14.8 Å². The molecule has 26 heavy (non-hydrogen) atoms. The van der Waals surface area contributed by atoms with Crippen molar-refractivity contribution in [2.75, 3.05) is 6.61 Å². The molecular weight excluding hydrogens is 449 g/mol. The first-order chi connectivity index (χ1) is 12.5. The van der Waals surface area contributed by atoms with Crippen LogP contribution in [0.15, 0.2) is 15.8 Å². The van der Waals surface area contributed by atoms with Crippen LogP contribution in [-0.4, -0.2) is 64.0 Å². The van der Waals surface area contributed by atoms with Gasteiger partial charge in [-0.2, -0.15) is 0 Å². The van der Waals surface area contributed by atoms with Crippen molar-refractivity contribution < 1.29 is 16.0 Å². The van der Waals surface area contributed by atoms with E-state index in [1.54, 1.807) is 0 Å². The molecule has 0 aliphatic carbocycles. The molecule has 0 bridgehead atoms. The van der Waals surface area contributed by atoms with Gasteiger partial charge in [0.25, 0.3) is 0 Å². The predicted octanol–water partition coefficient (Wildman–Crippen LogP) is 0.648. The molecule has 2 aliphatic rings. The summed E-state index contributed by atoms with van der Waals surface area (Å²) in [5, 5.41) is 13.6. The summed E-state index contributed by atoms with van der Waals surface area (Å²) >= 11 is -3.31. The molecule has 2 fully saturated rings. The Labute approximate surface area is 156 Å². The molecule has 0 aromatic carbocycles. The third-order valence-electron chi connectivity index (χ3n) is 4.97. The van der Waals surface area contributed by atoms with E-state index in [1.165, 1.54) is 0 Å². The van der Waals surface area contributed by atoms with E-state index in [-0.39, 0.29) is 6.61 Å². The van der Waals surface area contributed by atoms with Crippen LogP contribution >= 0.6 is 0 Å². The molecule has 1 aromatic heterocycles. The number of hydrogen-bond acceptors (Lipinski definition) is 7. The van der Waals surface area contributed by atoms with Crippen LogP contribution in [0.5, 0.6) is 0 Å². The second-order valence-electron chi connectivity index (χ2n) is 6.91. The topological polar surface area (TPSA) is 116 Å². The summed E-state index contributed by atoms with van der Waals surface area (Å²) < 4.78 is 21.8. The zero-order chi connectivity index (χ0) is 18.7. The third-order valence-corrected chi connectivity index (χ3v) is 15.3. The molecule has 0 amide bonds. The van der Waals surface area contributed by atoms with Crippen LogP contribution in [0.2, 0.25) is 8.87 Å². The molecule has 9 nitrogen and oxygen atoms in total. The van der Waals surface area contributed by atoms with E-state index in [1.807, 2.05) is 0 Å². The molecule has 2 saturated heterocycles. The van der Waals surface area contributed by atoms with E-state index < -0.39 is 55.0 Å². The Morgan fingerprint density at radius 2 is 1.85 bits per heavy atom. The Kier molecular flexibility index (Phi) is 6.54. The molecule has 1 aromatic rings. The number of rotatable bonds is 8. The number of H-pyrrole nitrogens is 1. The van der Waals surface area contributed by atoms with Gasteiger partial charge in [0.05, 0.1) is 0 Å². The number of ether oxygens (including phenoxy) is 1. The number of aliphatic hydroxyl groups is 1. The van der Waals surface area contributed by atoms with Gasteiger partial charge < -0.3 is 0 Å². The maximum absolute atomic E-state index is 12.1. The van der Waals surface area contributed by atoms with Crippen molar-refractivity contribution in [3.05, 3.63) is 27.0 Å². The average Bonchev–Trinajstić information content (AvgIpc) is 3.14. The van der Waals surface area contributed by atoms with Gasteiger partial charge in [-0.25, -0.2) is 0 Å². The van der Waals surface area contributed by atoms with Gasteiger partial charge in [-0.3, -0.25) is 0 Å². The van der Waals surface area contributed by atoms with Gasteiger partial charge in [0.2, 0.25) is 0 Å². The molecule has 0 spiro atoms. The Morgan fingerprint density at radius 3 is 2.42 bits per heavy atom. The summed E-state index contributed by atoms with van der Waals surface area (Å²) in [6, 6.07) is 0. The molecule has 3 heterocycles. The molecule has 0 saturated carbocycles. The van der Waals surface area contributed by atoms with Crippen LogP contribution < -0.4 is 11.2 Å². The number of unbranched alkanes of at least 4 members (excludes halogenated alkanes) is 2. The minimum absolute atomic E-state index is 0.220. The molecule has 10 heteroatoms. The number of aromatic nitrogens is 3. The van der Waals surface area contributed by atoms with Gasteiger partial charge in [0.15, 0.2) is 0 Å². The van der Waals surface area contributed by atoms with E-state index in [4.69, 9.17) is 10.9 Å². The van der Waals surface area contributed by atoms with Crippen LogP contribution in [0.3, 0.4) is 0 Å². The normalized spacial score (nSPS) is 29.8. The van der Waals surface area contributed by atoms with Crippen molar-refractivity contribution in [3.63, 3.8) is 0 Å². The van der Waals surface area contributed by atoms with E-state index >= 15 is 0 Å². The summed E-state index contributed by atoms with van der Waals surface area (Å²) in [5.41, 5.74) is -1.22. The Morgan fingerprint density at radius 1 is 1.19 bits per heavy atom. The van der Waals surface area contributed by atoms with Crippen LogP contribution in [0.25, 0.3) is 0 Å². The summed E-state index contributed by atoms with van der Waals surface area (Å²) in [4.78, 5) is 25.6. The fourth-order valence-corrected chi connectivity index (χ4v) is 15.3. The van der Waals surface area contributed by atoms with Crippen LogP contribution in [0, 0.1) is 0 Å². The number of fused-ring (bicyclic) bond motifs is 1. The minimum atomic E-state index is -3.31. The van der Waals surface area contributed by atoms with Crippen molar-refractivity contribution in [2.24, 2.45) is 0 Å². The van der Waals surface area contributed by atoms with E-state index in [0.29, 0.717) is 0 Å². The monoisotopic (exact) mass is 477 g/mol. The number of nitrogens with one attached hydrogen (secondary N) is 1. The SMILES string of the molecule is CCC[CH2][Sn]1([CH2]CCC)[O][C@@H]2[C@H]([O]1)[C@@H](CO)O[C@H]2n1ncc(=O)[nH]c1=O. The Hall–Kier alpha value is -0.751. The number of aliphatic hydroxyl groups excluding tert-OH is 1. The Bertz CT molecular complexity index is 714. The van der Waals surface area contributed by atoms with E-state index in [2.05, 4.69) is 23.9 Å². The Balaban J connectivity index is 1.89. The summed E-state index contributed by atoms with van der Waals surface area (Å²) in [7, 11) is 0. The number of hydrogen-bond donors (Lipinski definition) is 2. The summed E-state index contributed by atoms with van der Waals surface area (Å²) in [5.74, 6) is 0.